The summed E-state index contributed by atoms with van der Waals surface area (Å²) in [4.78, 5) is 23.1. The van der Waals surface area contributed by atoms with Crippen molar-refractivity contribution >= 4 is 28.2 Å². The molecule has 1 rings (SSSR count). The molecular formula is C10H11NO3S. The van der Waals surface area contributed by atoms with Crippen LogP contribution in [0.5, 0.6) is 0 Å². The van der Waals surface area contributed by atoms with Gasteiger partial charge in [0, 0.05) is 19.2 Å². The van der Waals surface area contributed by atoms with Gasteiger partial charge in [-0.05, 0) is 23.9 Å². The first-order valence-corrected chi connectivity index (χ1v) is 5.13. The lowest BCUT2D eigenvalue weighted by molar-refractivity contribution is -0.131. The predicted molar refractivity (Wildman–Crippen MR) is 59.2 cm³/mol. The molecule has 15 heavy (non-hydrogen) atoms. The largest absolute Gasteiger partial charge is 0.478 e. The van der Waals surface area contributed by atoms with E-state index < -0.39 is 5.97 Å². The van der Waals surface area contributed by atoms with Crippen molar-refractivity contribution in [1.82, 2.24) is 0 Å². The van der Waals surface area contributed by atoms with Gasteiger partial charge in [0.15, 0.2) is 0 Å². The maximum absolute atomic E-state index is 11.5. The van der Waals surface area contributed by atoms with Crippen LogP contribution >= 0.6 is 11.3 Å². The van der Waals surface area contributed by atoms with Crippen LogP contribution in [-0.4, -0.2) is 24.0 Å². The molecule has 1 amide bonds. The van der Waals surface area contributed by atoms with Crippen LogP contribution in [0.2, 0.25) is 0 Å². The third kappa shape index (κ3) is 2.92. The Morgan fingerprint density at radius 2 is 2.13 bits per heavy atom. The summed E-state index contributed by atoms with van der Waals surface area (Å²) in [6, 6.07) is 1.91. The Morgan fingerprint density at radius 1 is 1.47 bits per heavy atom. The van der Waals surface area contributed by atoms with Crippen LogP contribution in [-0.2, 0) is 9.59 Å². The van der Waals surface area contributed by atoms with E-state index in [1.807, 2.05) is 18.4 Å². The average Bonchev–Trinajstić information content (AvgIpc) is 2.59. The summed E-state index contributed by atoms with van der Waals surface area (Å²) in [7, 11) is 1.62. The highest BCUT2D eigenvalue weighted by Crippen LogP contribution is 2.25. The Morgan fingerprint density at radius 3 is 2.60 bits per heavy atom. The van der Waals surface area contributed by atoms with Crippen LogP contribution in [0.3, 0.4) is 0 Å². The summed E-state index contributed by atoms with van der Waals surface area (Å²) in [5, 5.41) is 11.1. The fourth-order valence-electron chi connectivity index (χ4n) is 1.06. The lowest BCUT2D eigenvalue weighted by Crippen LogP contribution is -2.23. The molecule has 0 aromatic carbocycles. The van der Waals surface area contributed by atoms with Gasteiger partial charge in [0.2, 0.25) is 0 Å². The Balaban J connectivity index is 2.78. The number of carbonyl (C=O) groups is 2. The van der Waals surface area contributed by atoms with E-state index in [0.717, 1.165) is 22.7 Å². The van der Waals surface area contributed by atoms with Gasteiger partial charge in [-0.25, -0.2) is 4.79 Å². The number of thiophene rings is 1. The second kappa shape index (κ2) is 4.75. The summed E-state index contributed by atoms with van der Waals surface area (Å²) < 4.78 is 0. The molecule has 4 nitrogen and oxygen atoms in total. The van der Waals surface area contributed by atoms with Crippen molar-refractivity contribution in [2.24, 2.45) is 0 Å². The number of rotatable bonds is 3. The van der Waals surface area contributed by atoms with Gasteiger partial charge < -0.3 is 10.0 Å². The van der Waals surface area contributed by atoms with Crippen LogP contribution < -0.4 is 4.90 Å². The zero-order valence-corrected chi connectivity index (χ0v) is 9.25. The Labute approximate surface area is 91.4 Å². The summed E-state index contributed by atoms with van der Waals surface area (Å²) in [5.74, 6) is -1.47. The number of nitrogens with zero attached hydrogens (tertiary/aromatic N) is 1. The maximum atomic E-state index is 11.5. The molecule has 0 bridgehead atoms. The molecule has 1 N–H and O–H groups in total. The minimum atomic E-state index is -1.13. The number of carboxylic acids is 1. The van der Waals surface area contributed by atoms with E-state index in [0.29, 0.717) is 0 Å². The lowest BCUT2D eigenvalue weighted by atomic mass is 10.3. The molecule has 0 unspecified atom stereocenters. The monoisotopic (exact) mass is 225 g/mol. The minimum absolute atomic E-state index is 0.344. The number of aliphatic carboxylic acids is 1. The molecule has 80 valence electrons. The number of carboxylic acid groups (broad SMARTS) is 1. The quantitative estimate of drug-likeness (QED) is 0.796. The summed E-state index contributed by atoms with van der Waals surface area (Å²) >= 11 is 1.44. The molecule has 0 spiro atoms. The number of carbonyl (C=O) groups excluding carboxylic acids is 1. The van der Waals surface area contributed by atoms with E-state index in [9.17, 15) is 9.59 Å². The topological polar surface area (TPSA) is 57.6 Å². The molecule has 0 atom stereocenters. The minimum Gasteiger partial charge on any atom is -0.478 e. The first-order chi connectivity index (χ1) is 7.02. The van der Waals surface area contributed by atoms with Crippen LogP contribution in [0.25, 0.3) is 0 Å². The number of hydrogen-bond acceptors (Lipinski definition) is 3. The highest BCUT2D eigenvalue weighted by atomic mass is 32.1. The van der Waals surface area contributed by atoms with Crippen LogP contribution in [0.4, 0.5) is 5.00 Å². The number of hydrogen-bond donors (Lipinski definition) is 1. The predicted octanol–water partition coefficient (Wildman–Crippen LogP) is 1.66. The van der Waals surface area contributed by atoms with E-state index in [-0.39, 0.29) is 5.91 Å². The first kappa shape index (κ1) is 11.5. The molecule has 0 saturated carbocycles. The van der Waals surface area contributed by atoms with Gasteiger partial charge in [0.1, 0.15) is 5.00 Å². The fraction of sp³-hybridized carbons (Fsp3) is 0.200. The third-order valence-corrected chi connectivity index (χ3v) is 2.93. The van der Waals surface area contributed by atoms with Gasteiger partial charge in [0.25, 0.3) is 5.91 Å². The van der Waals surface area contributed by atoms with Crippen molar-refractivity contribution < 1.29 is 14.7 Å². The molecule has 5 heteroatoms. The first-order valence-electron chi connectivity index (χ1n) is 4.25. The summed E-state index contributed by atoms with van der Waals surface area (Å²) in [6.45, 7) is 1.90. The van der Waals surface area contributed by atoms with E-state index >= 15 is 0 Å². The van der Waals surface area contributed by atoms with E-state index in [2.05, 4.69) is 0 Å². The molecular weight excluding hydrogens is 214 g/mol. The fourth-order valence-corrected chi connectivity index (χ4v) is 1.97. The number of aryl methyl sites for hydroxylation is 1. The molecule has 0 aliphatic carbocycles. The van der Waals surface area contributed by atoms with Crippen molar-refractivity contribution in [2.45, 2.75) is 6.92 Å². The summed E-state index contributed by atoms with van der Waals surface area (Å²) in [5.41, 5.74) is 1.000. The van der Waals surface area contributed by atoms with Gasteiger partial charge >= 0.3 is 5.97 Å². The maximum Gasteiger partial charge on any atom is 0.328 e. The van der Waals surface area contributed by atoms with Crippen molar-refractivity contribution in [3.8, 4) is 0 Å². The van der Waals surface area contributed by atoms with E-state index in [4.69, 9.17) is 5.11 Å². The lowest BCUT2D eigenvalue weighted by Gasteiger charge is -2.13. The molecule has 0 fully saturated rings. The number of amides is 1. The normalized spacial score (nSPS) is 10.5. The third-order valence-electron chi connectivity index (χ3n) is 1.84. The van der Waals surface area contributed by atoms with Gasteiger partial charge in [-0.3, -0.25) is 4.79 Å². The van der Waals surface area contributed by atoms with E-state index in [1.54, 1.807) is 7.05 Å². The van der Waals surface area contributed by atoms with Crippen molar-refractivity contribution in [3.63, 3.8) is 0 Å². The van der Waals surface area contributed by atoms with Crippen molar-refractivity contribution in [1.29, 1.82) is 0 Å². The van der Waals surface area contributed by atoms with Crippen LogP contribution in [0.1, 0.15) is 5.56 Å². The molecule has 0 radical (unpaired) electrons. The molecule has 0 saturated heterocycles. The molecule has 0 aliphatic rings. The van der Waals surface area contributed by atoms with Crippen molar-refractivity contribution in [2.75, 3.05) is 11.9 Å². The highest BCUT2D eigenvalue weighted by Gasteiger charge is 2.11. The zero-order chi connectivity index (χ0) is 11.4. The van der Waals surface area contributed by atoms with Crippen LogP contribution in [0.15, 0.2) is 23.6 Å². The second-order valence-corrected chi connectivity index (χ2v) is 3.87. The van der Waals surface area contributed by atoms with Crippen molar-refractivity contribution in [3.05, 3.63) is 29.2 Å². The summed E-state index contributed by atoms with van der Waals surface area (Å²) in [6.07, 6.45) is 1.88. The Hall–Kier alpha value is -1.62. The Kier molecular flexibility index (Phi) is 3.62. The smallest absolute Gasteiger partial charge is 0.328 e. The van der Waals surface area contributed by atoms with Crippen LogP contribution in [0, 0.1) is 6.92 Å². The SMILES string of the molecule is Cc1ccsc1N(C)C(=O)/C=C/C(=O)O. The van der Waals surface area contributed by atoms with Gasteiger partial charge in [-0.15, -0.1) is 11.3 Å². The standard InChI is InChI=1S/C10H11NO3S/c1-7-5-6-15-10(7)11(2)8(12)3-4-9(13)14/h3-6H,1-2H3,(H,13,14)/b4-3+. The number of likely N-dealkylation sites (N-methyl/N-ethyl adjacent to an activating group) is 1. The second-order valence-electron chi connectivity index (χ2n) is 2.98. The molecule has 1 aromatic rings. The highest BCUT2D eigenvalue weighted by molar-refractivity contribution is 7.14. The Bertz CT molecular complexity index is 409. The molecule has 0 aliphatic heterocycles. The number of anilines is 1. The zero-order valence-electron chi connectivity index (χ0n) is 8.43. The van der Waals surface area contributed by atoms with E-state index in [1.165, 1.54) is 16.2 Å². The molecule has 1 aromatic heterocycles. The van der Waals surface area contributed by atoms with Gasteiger partial charge in [-0.1, -0.05) is 0 Å². The van der Waals surface area contributed by atoms with Gasteiger partial charge in [0.05, 0.1) is 0 Å². The van der Waals surface area contributed by atoms with Gasteiger partial charge in [-0.2, -0.15) is 0 Å². The molecule has 1 heterocycles. The average molecular weight is 225 g/mol.